The Morgan fingerprint density at radius 1 is 1.21 bits per heavy atom. The van der Waals surface area contributed by atoms with Crippen molar-refractivity contribution in [3.8, 4) is 11.4 Å². The van der Waals surface area contributed by atoms with E-state index >= 15 is 4.39 Å². The van der Waals surface area contributed by atoms with Crippen molar-refractivity contribution in [2.45, 2.75) is 32.2 Å². The van der Waals surface area contributed by atoms with Crippen LogP contribution in [0.4, 0.5) is 14.5 Å². The third-order valence-corrected chi connectivity index (χ3v) is 6.33. The van der Waals surface area contributed by atoms with E-state index in [1.165, 1.54) is 16.7 Å². The van der Waals surface area contributed by atoms with Gasteiger partial charge in [-0.1, -0.05) is 11.6 Å². The van der Waals surface area contributed by atoms with Crippen LogP contribution in [0.3, 0.4) is 0 Å². The van der Waals surface area contributed by atoms with Crippen LogP contribution in [0.2, 0.25) is 0 Å². The summed E-state index contributed by atoms with van der Waals surface area (Å²) in [6, 6.07) is 6.07. The zero-order chi connectivity index (χ0) is 28.0. The number of benzene rings is 2. The topological polar surface area (TPSA) is 115 Å². The SMILES string of the molecule is C=N/C=C\C=C(\C)CC1CCCN1c1cc2c(cc1F)c(=O)c(C(=O)O)cn2-c1ccc(F)c(O)c1.CO. The molecule has 2 aromatic carbocycles. The number of rotatable bonds is 7. The lowest BCUT2D eigenvalue weighted by atomic mass is 10.0. The minimum absolute atomic E-state index is 0.0200. The molecule has 4 rings (SSSR count). The molecule has 1 aliphatic rings. The monoisotopic (exact) mass is 525 g/mol. The number of phenols is 1. The number of hydrogen-bond acceptors (Lipinski definition) is 6. The van der Waals surface area contributed by atoms with Crippen LogP contribution in [-0.2, 0) is 0 Å². The van der Waals surface area contributed by atoms with Crippen LogP contribution in [0, 0.1) is 11.6 Å². The third kappa shape index (κ3) is 5.81. The van der Waals surface area contributed by atoms with Crippen molar-refractivity contribution in [2.24, 2.45) is 4.99 Å². The average molecular weight is 526 g/mol. The number of phenolic OH excluding ortho intramolecular Hbond substituents is 1. The van der Waals surface area contributed by atoms with Crippen molar-refractivity contribution in [3.05, 3.63) is 87.9 Å². The van der Waals surface area contributed by atoms with Crippen molar-refractivity contribution in [2.75, 3.05) is 18.6 Å². The zero-order valence-corrected chi connectivity index (χ0v) is 21.1. The van der Waals surface area contributed by atoms with Crippen molar-refractivity contribution in [1.29, 1.82) is 0 Å². The Morgan fingerprint density at radius 3 is 2.61 bits per heavy atom. The second kappa shape index (κ2) is 12.3. The molecule has 1 unspecified atom stereocenters. The molecule has 2 heterocycles. The predicted molar refractivity (Wildman–Crippen MR) is 144 cm³/mol. The van der Waals surface area contributed by atoms with Gasteiger partial charge in [0.2, 0.25) is 5.43 Å². The number of aromatic hydroxyl groups is 1. The Kier molecular flexibility index (Phi) is 9.14. The van der Waals surface area contributed by atoms with Crippen LogP contribution in [0.1, 0.15) is 36.5 Å². The van der Waals surface area contributed by atoms with Crippen molar-refractivity contribution >= 4 is 29.3 Å². The molecule has 38 heavy (non-hydrogen) atoms. The molecule has 200 valence electrons. The Morgan fingerprint density at radius 2 is 1.95 bits per heavy atom. The van der Waals surface area contributed by atoms with Crippen LogP contribution in [0.25, 0.3) is 16.6 Å². The van der Waals surface area contributed by atoms with Gasteiger partial charge >= 0.3 is 5.97 Å². The predicted octanol–water partition coefficient (Wildman–Crippen LogP) is 4.80. The zero-order valence-electron chi connectivity index (χ0n) is 21.1. The first kappa shape index (κ1) is 28.3. The molecule has 8 nitrogen and oxygen atoms in total. The molecule has 10 heteroatoms. The average Bonchev–Trinajstić information content (AvgIpc) is 3.34. The first-order valence-electron chi connectivity index (χ1n) is 11.8. The molecule has 1 aliphatic heterocycles. The van der Waals surface area contributed by atoms with Gasteiger partial charge in [0.1, 0.15) is 11.4 Å². The number of nitrogens with zero attached hydrogens (tertiary/aromatic N) is 3. The van der Waals surface area contributed by atoms with Gasteiger partial charge in [0.15, 0.2) is 11.6 Å². The first-order chi connectivity index (χ1) is 18.2. The number of halogens is 2. The number of aromatic nitrogens is 1. The summed E-state index contributed by atoms with van der Waals surface area (Å²) < 4.78 is 30.5. The van der Waals surface area contributed by atoms with Gasteiger partial charge < -0.3 is 24.8 Å². The highest BCUT2D eigenvalue weighted by Gasteiger charge is 2.28. The standard InChI is InChI=1S/C27H25F2N3O4.CH4O/c1-16(5-3-9-30-2)11-17-6-4-10-31(17)24-14-23-19(13-22(24)29)26(34)20(27(35)36)15-32(23)18-7-8-21(28)25(33)12-18;1-2/h3,5,7-9,12-15,17,33H,2,4,6,10-11H2,1H3,(H,35,36);2H,1H3/b9-3-,16-5-;. The minimum atomic E-state index is -1.48. The highest BCUT2D eigenvalue weighted by Crippen LogP contribution is 2.34. The molecule has 1 aromatic heterocycles. The summed E-state index contributed by atoms with van der Waals surface area (Å²) in [5, 5.41) is 26.3. The fourth-order valence-electron chi connectivity index (χ4n) is 4.64. The number of carbonyl (C=O) groups is 1. The van der Waals surface area contributed by atoms with Gasteiger partial charge in [-0.3, -0.25) is 9.79 Å². The molecule has 0 radical (unpaired) electrons. The summed E-state index contributed by atoms with van der Waals surface area (Å²) >= 11 is 0. The molecular formula is C28H29F2N3O5. The molecule has 0 amide bonds. The summed E-state index contributed by atoms with van der Waals surface area (Å²) in [5.41, 5.74) is 0.426. The van der Waals surface area contributed by atoms with Gasteiger partial charge in [-0.2, -0.15) is 0 Å². The molecule has 3 aromatic rings. The molecule has 0 aliphatic carbocycles. The lowest BCUT2D eigenvalue weighted by Gasteiger charge is -2.28. The largest absolute Gasteiger partial charge is 0.505 e. The van der Waals surface area contributed by atoms with Crippen molar-refractivity contribution in [3.63, 3.8) is 0 Å². The smallest absolute Gasteiger partial charge is 0.341 e. The number of anilines is 1. The minimum Gasteiger partial charge on any atom is -0.505 e. The molecule has 0 saturated carbocycles. The summed E-state index contributed by atoms with van der Waals surface area (Å²) in [6.45, 7) is 5.99. The maximum Gasteiger partial charge on any atom is 0.341 e. The lowest BCUT2D eigenvalue weighted by molar-refractivity contribution is 0.0695. The number of pyridine rings is 1. The molecule has 1 saturated heterocycles. The maximum absolute atomic E-state index is 15.4. The number of fused-ring (bicyclic) bond motifs is 1. The van der Waals surface area contributed by atoms with Gasteiger partial charge in [0.05, 0.1) is 11.2 Å². The Bertz CT molecular complexity index is 1480. The molecule has 1 atom stereocenters. The van der Waals surface area contributed by atoms with E-state index in [4.69, 9.17) is 5.11 Å². The first-order valence-corrected chi connectivity index (χ1v) is 11.8. The number of aliphatic hydroxyl groups is 1. The quantitative estimate of drug-likeness (QED) is 0.302. The molecular weight excluding hydrogens is 496 g/mol. The van der Waals surface area contributed by atoms with Crippen LogP contribution < -0.4 is 10.3 Å². The Labute approximate surface area is 218 Å². The number of aliphatic hydroxyl groups excluding tert-OH is 1. The number of aliphatic imine (C=N–C) groups is 1. The maximum atomic E-state index is 15.4. The van der Waals surface area contributed by atoms with Crippen LogP contribution in [-0.4, -0.2) is 52.3 Å². The van der Waals surface area contributed by atoms with Crippen LogP contribution >= 0.6 is 0 Å². The number of carboxylic acids is 1. The van der Waals surface area contributed by atoms with E-state index in [1.54, 1.807) is 12.3 Å². The highest BCUT2D eigenvalue weighted by molar-refractivity contribution is 5.94. The van der Waals surface area contributed by atoms with E-state index in [2.05, 4.69) is 11.7 Å². The van der Waals surface area contributed by atoms with Crippen LogP contribution in [0.15, 0.2) is 70.2 Å². The van der Waals surface area contributed by atoms with E-state index in [9.17, 15) is 24.2 Å². The normalized spacial score (nSPS) is 15.6. The number of allylic oxidation sites excluding steroid dienone is 2. The van der Waals surface area contributed by atoms with E-state index < -0.39 is 34.3 Å². The Balaban J connectivity index is 0.00000195. The second-order valence-corrected chi connectivity index (χ2v) is 8.73. The molecule has 0 bridgehead atoms. The van der Waals surface area contributed by atoms with E-state index in [1.807, 2.05) is 17.9 Å². The van der Waals surface area contributed by atoms with Crippen molar-refractivity contribution in [1.82, 2.24) is 4.57 Å². The molecule has 3 N–H and O–H groups in total. The fraction of sp³-hybridized carbons (Fsp3) is 0.250. The number of hydrogen-bond donors (Lipinski definition) is 3. The van der Waals surface area contributed by atoms with Crippen LogP contribution in [0.5, 0.6) is 5.75 Å². The number of carboxylic acid groups (broad SMARTS) is 1. The molecule has 1 fully saturated rings. The molecule has 0 spiro atoms. The fourth-order valence-corrected chi connectivity index (χ4v) is 4.64. The van der Waals surface area contributed by atoms with E-state index in [0.29, 0.717) is 13.0 Å². The van der Waals surface area contributed by atoms with E-state index in [0.717, 1.165) is 49.9 Å². The lowest BCUT2D eigenvalue weighted by Crippen LogP contribution is -2.30. The summed E-state index contributed by atoms with van der Waals surface area (Å²) in [4.78, 5) is 30.2. The van der Waals surface area contributed by atoms with Gasteiger partial charge in [-0.25, -0.2) is 13.6 Å². The highest BCUT2D eigenvalue weighted by atomic mass is 19.1. The summed E-state index contributed by atoms with van der Waals surface area (Å²) in [6.07, 6.45) is 8.80. The van der Waals surface area contributed by atoms with Gasteiger partial charge in [0.25, 0.3) is 0 Å². The van der Waals surface area contributed by atoms with E-state index in [-0.39, 0.29) is 28.3 Å². The van der Waals surface area contributed by atoms with Crippen molar-refractivity contribution < 1.29 is 28.9 Å². The third-order valence-electron chi connectivity index (χ3n) is 6.33. The van der Waals surface area contributed by atoms with Gasteiger partial charge in [-0.15, -0.1) is 0 Å². The van der Waals surface area contributed by atoms with Gasteiger partial charge in [0, 0.05) is 49.2 Å². The Hall–Kier alpha value is -4.31. The second-order valence-electron chi connectivity index (χ2n) is 8.73. The van der Waals surface area contributed by atoms with Gasteiger partial charge in [-0.05, 0) is 63.2 Å². The summed E-state index contributed by atoms with van der Waals surface area (Å²) in [5.74, 6) is -3.61. The number of aromatic carboxylic acids is 1. The summed E-state index contributed by atoms with van der Waals surface area (Å²) in [7, 11) is 1.00.